The van der Waals surface area contributed by atoms with Crippen LogP contribution in [0.15, 0.2) is 17.4 Å². The van der Waals surface area contributed by atoms with Crippen LogP contribution in [0, 0.1) is 6.92 Å². The molecule has 0 spiro atoms. The van der Waals surface area contributed by atoms with Crippen LogP contribution < -0.4 is 10.6 Å². The van der Waals surface area contributed by atoms with Crippen LogP contribution in [-0.2, 0) is 11.3 Å². The zero-order valence-corrected chi connectivity index (χ0v) is 17.1. The predicted molar refractivity (Wildman–Crippen MR) is 107 cm³/mol. The Kier molecular flexibility index (Phi) is 9.09. The molecule has 0 bridgehead atoms. The molecular weight excluding hydrogens is 419 g/mol. The number of carbonyl (C=O) groups excluding carboxylic acids is 1. The van der Waals surface area contributed by atoms with Crippen LogP contribution in [0.5, 0.6) is 0 Å². The third kappa shape index (κ3) is 6.29. The molecule has 24 heavy (non-hydrogen) atoms. The van der Waals surface area contributed by atoms with Gasteiger partial charge in [0.1, 0.15) is 0 Å². The first-order valence-electron chi connectivity index (χ1n) is 8.44. The number of amides is 1. The monoisotopic (exact) mass is 448 g/mol. The van der Waals surface area contributed by atoms with Crippen molar-refractivity contribution in [1.29, 1.82) is 0 Å². The van der Waals surface area contributed by atoms with Gasteiger partial charge in [-0.3, -0.25) is 14.5 Å². The van der Waals surface area contributed by atoms with Gasteiger partial charge in [0.25, 0.3) is 0 Å². The first-order chi connectivity index (χ1) is 11.1. The van der Waals surface area contributed by atoms with E-state index in [1.54, 1.807) is 0 Å². The van der Waals surface area contributed by atoms with E-state index in [1.807, 2.05) is 35.8 Å². The van der Waals surface area contributed by atoms with Gasteiger partial charge in [-0.25, -0.2) is 0 Å². The predicted octanol–water partition coefficient (Wildman–Crippen LogP) is 1.38. The Morgan fingerprint density at radius 2 is 2.25 bits per heavy atom. The van der Waals surface area contributed by atoms with Crippen LogP contribution in [-0.4, -0.2) is 58.8 Å². The summed E-state index contributed by atoms with van der Waals surface area (Å²) in [6, 6.07) is 0.273. The lowest BCUT2D eigenvalue weighted by atomic mass is 10.3. The largest absolute Gasteiger partial charge is 0.357 e. The number of rotatable bonds is 6. The van der Waals surface area contributed by atoms with Crippen molar-refractivity contribution >= 4 is 35.8 Å². The van der Waals surface area contributed by atoms with Crippen LogP contribution in [0.25, 0.3) is 0 Å². The van der Waals surface area contributed by atoms with Gasteiger partial charge in [-0.2, -0.15) is 5.10 Å². The number of likely N-dealkylation sites (tertiary alicyclic amines) is 1. The van der Waals surface area contributed by atoms with Gasteiger partial charge in [0.2, 0.25) is 5.91 Å². The Labute approximate surface area is 161 Å². The number of aryl methyl sites for hydroxylation is 1. The first kappa shape index (κ1) is 20.7. The standard InChI is InChI=1S/C16H28N6O.HI/c1-4-15(23)21-8-6-14(12-21)20-16(17-5-2)18-7-9-22-11-13(3)10-19-22;/h10-11,14H,4-9,12H2,1-3H3,(H2,17,18,20);1H. The molecule has 2 heterocycles. The molecule has 0 aromatic carbocycles. The highest BCUT2D eigenvalue weighted by atomic mass is 127. The van der Waals surface area contributed by atoms with Crippen molar-refractivity contribution in [3.8, 4) is 0 Å². The molecule has 0 radical (unpaired) electrons. The lowest BCUT2D eigenvalue weighted by molar-refractivity contribution is -0.129. The molecule has 8 heteroatoms. The minimum absolute atomic E-state index is 0. The van der Waals surface area contributed by atoms with Gasteiger partial charge in [-0.15, -0.1) is 24.0 Å². The summed E-state index contributed by atoms with van der Waals surface area (Å²) in [5.41, 5.74) is 1.16. The van der Waals surface area contributed by atoms with Crippen molar-refractivity contribution in [3.63, 3.8) is 0 Å². The molecule has 2 rings (SSSR count). The van der Waals surface area contributed by atoms with E-state index in [2.05, 4.69) is 27.6 Å². The number of nitrogens with one attached hydrogen (secondary N) is 2. The second-order valence-corrected chi connectivity index (χ2v) is 5.86. The Morgan fingerprint density at radius 3 is 2.88 bits per heavy atom. The molecule has 0 saturated carbocycles. The Hall–Kier alpha value is -1.32. The summed E-state index contributed by atoms with van der Waals surface area (Å²) in [5.74, 6) is 1.04. The molecule has 0 aliphatic carbocycles. The van der Waals surface area contributed by atoms with Crippen molar-refractivity contribution in [1.82, 2.24) is 25.3 Å². The number of aliphatic imine (C=N–C) groups is 1. The van der Waals surface area contributed by atoms with E-state index in [0.29, 0.717) is 13.0 Å². The van der Waals surface area contributed by atoms with Gasteiger partial charge in [-0.05, 0) is 25.8 Å². The van der Waals surface area contributed by atoms with Crippen molar-refractivity contribution in [2.24, 2.45) is 4.99 Å². The molecule has 1 saturated heterocycles. The molecule has 7 nitrogen and oxygen atoms in total. The van der Waals surface area contributed by atoms with Crippen molar-refractivity contribution in [2.75, 3.05) is 26.2 Å². The summed E-state index contributed by atoms with van der Waals surface area (Å²) in [4.78, 5) is 18.3. The number of carbonyl (C=O) groups is 1. The second kappa shape index (κ2) is 10.5. The smallest absolute Gasteiger partial charge is 0.222 e. The van der Waals surface area contributed by atoms with E-state index in [4.69, 9.17) is 0 Å². The minimum Gasteiger partial charge on any atom is -0.357 e. The van der Waals surface area contributed by atoms with Crippen LogP contribution in [0.2, 0.25) is 0 Å². The molecule has 1 aromatic heterocycles. The average molecular weight is 448 g/mol. The lowest BCUT2D eigenvalue weighted by Gasteiger charge is -2.18. The van der Waals surface area contributed by atoms with E-state index < -0.39 is 0 Å². The van der Waals surface area contributed by atoms with Gasteiger partial charge in [0, 0.05) is 38.3 Å². The lowest BCUT2D eigenvalue weighted by Crippen LogP contribution is -2.45. The van der Waals surface area contributed by atoms with E-state index in [0.717, 1.165) is 44.1 Å². The number of nitrogens with zero attached hydrogens (tertiary/aromatic N) is 4. The zero-order valence-electron chi connectivity index (χ0n) is 14.8. The minimum atomic E-state index is 0. The van der Waals surface area contributed by atoms with Gasteiger partial charge in [-0.1, -0.05) is 6.92 Å². The Balaban J connectivity index is 0.00000288. The maximum absolute atomic E-state index is 11.7. The zero-order chi connectivity index (χ0) is 16.7. The highest BCUT2D eigenvalue weighted by Crippen LogP contribution is 2.10. The van der Waals surface area contributed by atoms with Crippen LogP contribution >= 0.6 is 24.0 Å². The summed E-state index contributed by atoms with van der Waals surface area (Å²) < 4.78 is 1.90. The third-order valence-corrected chi connectivity index (χ3v) is 3.89. The molecule has 1 aromatic rings. The topological polar surface area (TPSA) is 74.6 Å². The Morgan fingerprint density at radius 1 is 1.46 bits per heavy atom. The SMILES string of the molecule is CCNC(=NCCn1cc(C)cn1)NC1CCN(C(=O)CC)C1.I. The molecule has 1 unspecified atom stereocenters. The maximum atomic E-state index is 11.7. The van der Waals surface area contributed by atoms with Crippen LogP contribution in [0.3, 0.4) is 0 Å². The molecule has 136 valence electrons. The Bertz CT molecular complexity index is 544. The third-order valence-electron chi connectivity index (χ3n) is 3.89. The molecular formula is C16H29IN6O. The van der Waals surface area contributed by atoms with E-state index >= 15 is 0 Å². The highest BCUT2D eigenvalue weighted by molar-refractivity contribution is 14.0. The van der Waals surface area contributed by atoms with Crippen molar-refractivity contribution in [2.45, 2.75) is 46.2 Å². The number of aromatic nitrogens is 2. The first-order valence-corrected chi connectivity index (χ1v) is 8.44. The second-order valence-electron chi connectivity index (χ2n) is 5.86. The van der Waals surface area contributed by atoms with Gasteiger partial charge in [0.15, 0.2) is 5.96 Å². The molecule has 1 atom stereocenters. The fraction of sp³-hybridized carbons (Fsp3) is 0.688. The number of hydrogen-bond acceptors (Lipinski definition) is 3. The highest BCUT2D eigenvalue weighted by Gasteiger charge is 2.25. The number of halogens is 1. The molecule has 1 aliphatic heterocycles. The van der Waals surface area contributed by atoms with E-state index in [1.165, 1.54) is 0 Å². The van der Waals surface area contributed by atoms with Gasteiger partial charge in [0.05, 0.1) is 19.3 Å². The quantitative estimate of drug-likeness (QED) is 0.392. The summed E-state index contributed by atoms with van der Waals surface area (Å²) in [6.45, 7) is 9.82. The number of guanidine groups is 1. The molecule has 1 amide bonds. The maximum Gasteiger partial charge on any atom is 0.222 e. The van der Waals surface area contributed by atoms with E-state index in [9.17, 15) is 4.79 Å². The summed E-state index contributed by atoms with van der Waals surface area (Å²) >= 11 is 0. The van der Waals surface area contributed by atoms with E-state index in [-0.39, 0.29) is 35.9 Å². The van der Waals surface area contributed by atoms with Gasteiger partial charge >= 0.3 is 0 Å². The molecule has 1 fully saturated rings. The fourth-order valence-corrected chi connectivity index (χ4v) is 2.70. The fourth-order valence-electron chi connectivity index (χ4n) is 2.70. The van der Waals surface area contributed by atoms with Crippen molar-refractivity contribution < 1.29 is 4.79 Å². The van der Waals surface area contributed by atoms with Crippen LogP contribution in [0.4, 0.5) is 0 Å². The van der Waals surface area contributed by atoms with Crippen LogP contribution in [0.1, 0.15) is 32.3 Å². The summed E-state index contributed by atoms with van der Waals surface area (Å²) in [7, 11) is 0. The van der Waals surface area contributed by atoms with Crippen molar-refractivity contribution in [3.05, 3.63) is 18.0 Å². The average Bonchev–Trinajstić information content (AvgIpc) is 3.16. The normalized spacial score (nSPS) is 17.5. The summed E-state index contributed by atoms with van der Waals surface area (Å²) in [5, 5.41) is 11.0. The molecule has 2 N–H and O–H groups in total. The molecule has 1 aliphatic rings. The van der Waals surface area contributed by atoms with Gasteiger partial charge < -0.3 is 15.5 Å². The summed E-state index contributed by atoms with van der Waals surface area (Å²) in [6.07, 6.45) is 5.41. The number of hydrogen-bond donors (Lipinski definition) is 2.